The summed E-state index contributed by atoms with van der Waals surface area (Å²) in [4.78, 5) is 0. The van der Waals surface area contributed by atoms with Crippen molar-refractivity contribution in [3.63, 3.8) is 0 Å². The molecule has 0 aromatic heterocycles. The second kappa shape index (κ2) is 60.4. The minimum Gasteiger partial charge on any atom is -0.0654 e. The lowest BCUT2D eigenvalue weighted by molar-refractivity contribution is 0.466. The molecule has 3 aromatic carbocycles. The molecule has 1 aliphatic carbocycles. The van der Waals surface area contributed by atoms with Crippen LogP contribution in [0.4, 0.5) is 0 Å². The summed E-state index contributed by atoms with van der Waals surface area (Å²) in [6.45, 7) is 29.3. The Hall–Kier alpha value is -3.66. The molecule has 0 radical (unpaired) electrons. The van der Waals surface area contributed by atoms with Crippen LogP contribution in [0.25, 0.3) is 0 Å². The Morgan fingerprint density at radius 2 is 0.275 bits per heavy atom. The van der Waals surface area contributed by atoms with Gasteiger partial charge in [0.15, 0.2) is 0 Å². The molecule has 0 heterocycles. The van der Waals surface area contributed by atoms with Crippen LogP contribution in [0, 0.1) is 71.0 Å². The number of benzene rings is 3. The molecule has 0 saturated carbocycles. The van der Waals surface area contributed by atoms with E-state index < -0.39 is 0 Å². The smallest absolute Gasteiger partial charge is 0.0408 e. The van der Waals surface area contributed by atoms with Gasteiger partial charge in [0.2, 0.25) is 0 Å². The topological polar surface area (TPSA) is 0 Å². The highest BCUT2D eigenvalue weighted by atomic mass is 14.2. The molecule has 4 rings (SSSR count). The third-order valence-electron chi connectivity index (χ3n) is 23.7. The van der Waals surface area contributed by atoms with Crippen molar-refractivity contribution in [3.8, 4) is 35.5 Å². The summed E-state index contributed by atoms with van der Waals surface area (Å²) >= 11 is 0. The maximum atomic E-state index is 3.99. The molecular formula is C102H168. The molecule has 0 spiro atoms. The highest BCUT2D eigenvalue weighted by Crippen LogP contribution is 2.32. The molecule has 6 unspecified atom stereocenters. The third kappa shape index (κ3) is 42.6. The SMILES string of the molecule is CCCCCCCCCCC(C)Cc1cc2c(cc1CC(C)CCCCCCCCCC)C#Cc1cc(CC(C)CCCCCCCCCC)c(CC(C)CCCCCCCCCC)cc1C#Cc1cc(CC(C)CCCCCCCCCC)c(CC(C)CCCCCCCCCC)cc1C#C2. The van der Waals surface area contributed by atoms with Gasteiger partial charge in [-0.2, -0.15) is 0 Å². The molecule has 0 amide bonds. The molecule has 102 heavy (non-hydrogen) atoms. The van der Waals surface area contributed by atoms with Crippen molar-refractivity contribution in [2.45, 2.75) is 468 Å². The second-order valence-corrected chi connectivity index (χ2v) is 34.7. The van der Waals surface area contributed by atoms with Crippen LogP contribution in [0.1, 0.15) is 497 Å². The molecule has 0 N–H and O–H groups in total. The van der Waals surface area contributed by atoms with Crippen LogP contribution in [0.5, 0.6) is 0 Å². The van der Waals surface area contributed by atoms with Crippen molar-refractivity contribution in [1.82, 2.24) is 0 Å². The largest absolute Gasteiger partial charge is 0.0654 e. The normalized spacial score (nSPS) is 13.6. The first-order valence-electron chi connectivity index (χ1n) is 45.9. The fourth-order valence-electron chi connectivity index (χ4n) is 16.9. The summed E-state index contributed by atoms with van der Waals surface area (Å²) in [6.07, 6.45) is 80.7. The molecule has 0 fully saturated rings. The Balaban J connectivity index is 1.94. The summed E-state index contributed by atoms with van der Waals surface area (Å²) in [5.74, 6) is 27.7. The second-order valence-electron chi connectivity index (χ2n) is 34.7. The number of hydrogen-bond acceptors (Lipinski definition) is 0. The number of fused-ring (bicyclic) bond motifs is 3. The van der Waals surface area contributed by atoms with Gasteiger partial charge in [0, 0.05) is 33.4 Å². The average Bonchev–Trinajstić information content (AvgIpc) is 0.696. The van der Waals surface area contributed by atoms with Crippen LogP contribution in [0.15, 0.2) is 36.4 Å². The summed E-state index contributed by atoms with van der Waals surface area (Å²) in [7, 11) is 0. The monoisotopic (exact) mass is 1390 g/mol. The van der Waals surface area contributed by atoms with Gasteiger partial charge in [-0.15, -0.1) is 0 Å². The fraction of sp³-hybridized carbons (Fsp3) is 0.765. The van der Waals surface area contributed by atoms with Gasteiger partial charge in [-0.3, -0.25) is 0 Å². The zero-order valence-electron chi connectivity index (χ0n) is 70.4. The predicted molar refractivity (Wildman–Crippen MR) is 458 cm³/mol. The third-order valence-corrected chi connectivity index (χ3v) is 23.7. The highest BCUT2D eigenvalue weighted by Gasteiger charge is 2.20. The van der Waals surface area contributed by atoms with Crippen molar-refractivity contribution >= 4 is 0 Å². The van der Waals surface area contributed by atoms with E-state index in [0.717, 1.165) is 71.9 Å². The van der Waals surface area contributed by atoms with E-state index in [4.69, 9.17) is 0 Å². The van der Waals surface area contributed by atoms with E-state index in [9.17, 15) is 0 Å². The van der Waals surface area contributed by atoms with Crippen LogP contribution >= 0.6 is 0 Å². The van der Waals surface area contributed by atoms with Gasteiger partial charge < -0.3 is 0 Å². The quantitative estimate of drug-likeness (QED) is 0.0305. The van der Waals surface area contributed by atoms with Crippen LogP contribution in [-0.4, -0.2) is 0 Å². The van der Waals surface area contributed by atoms with E-state index in [1.54, 1.807) is 0 Å². The summed E-state index contributed by atoms with van der Waals surface area (Å²) < 4.78 is 0. The fourth-order valence-corrected chi connectivity index (χ4v) is 16.9. The van der Waals surface area contributed by atoms with Gasteiger partial charge in [0.25, 0.3) is 0 Å². The average molecular weight is 1390 g/mol. The van der Waals surface area contributed by atoms with Gasteiger partial charge in [-0.05, 0) is 144 Å². The maximum Gasteiger partial charge on any atom is 0.0408 e. The molecule has 6 atom stereocenters. The van der Waals surface area contributed by atoms with Crippen molar-refractivity contribution in [2.24, 2.45) is 35.5 Å². The van der Waals surface area contributed by atoms with Gasteiger partial charge in [-0.25, -0.2) is 0 Å². The number of hydrogen-bond donors (Lipinski definition) is 0. The van der Waals surface area contributed by atoms with Gasteiger partial charge in [0.05, 0.1) is 0 Å². The van der Waals surface area contributed by atoms with E-state index in [1.165, 1.54) is 380 Å². The van der Waals surface area contributed by atoms with Crippen molar-refractivity contribution in [3.05, 3.63) is 103 Å². The number of unbranched alkanes of at least 4 members (excludes halogenated alkanes) is 42. The highest BCUT2D eigenvalue weighted by molar-refractivity contribution is 5.65. The molecule has 0 aliphatic heterocycles. The Kier molecular flexibility index (Phi) is 53.7. The summed E-state index contributed by atoms with van der Waals surface area (Å²) in [5, 5.41) is 0. The predicted octanol–water partition coefficient (Wildman–Crippen LogP) is 32.5. The van der Waals surface area contributed by atoms with Gasteiger partial charge in [-0.1, -0.05) is 465 Å². The van der Waals surface area contributed by atoms with Crippen molar-refractivity contribution < 1.29 is 0 Å². The molecule has 576 valence electrons. The Labute approximate surface area is 638 Å². The van der Waals surface area contributed by atoms with Gasteiger partial charge >= 0.3 is 0 Å². The summed E-state index contributed by atoms with van der Waals surface area (Å²) in [5.41, 5.74) is 15.9. The standard InChI is InChI=1S/C102H168/c1-13-19-25-31-37-43-49-55-61-85(7)73-97-79-91-67-68-93-81-99(75-87(9)63-57-51-45-39-33-27-21-15-3)101(77-89(11)65-59-53-47-41-35-29-23-17-5)83-95(93)71-72-96-84-102(78-90(12)66-60-54-48-42-36-30-24-18-6)100(76-88(10)64-58-52-46-40-34-28-22-16-4)82-94(96)70-69-92(91)80-98(97)74-86(8)62-56-50-44-38-32-26-20-14-2/h79-90H,13-66,73-78H2,1-12H3. The molecule has 0 saturated heterocycles. The first-order chi connectivity index (χ1) is 49.9. The van der Waals surface area contributed by atoms with Crippen LogP contribution < -0.4 is 0 Å². The molecule has 1 aliphatic rings. The van der Waals surface area contributed by atoms with E-state index in [1.807, 2.05) is 0 Å². The summed E-state index contributed by atoms with van der Waals surface area (Å²) in [6, 6.07) is 15.4. The molecule has 0 heteroatoms. The molecular weight excluding hydrogens is 1230 g/mol. The van der Waals surface area contributed by atoms with Crippen LogP contribution in [0.2, 0.25) is 0 Å². The minimum atomic E-state index is 0.623. The Morgan fingerprint density at radius 3 is 0.392 bits per heavy atom. The zero-order chi connectivity index (χ0) is 73.3. The lowest BCUT2D eigenvalue weighted by atomic mass is 9.84. The Bertz CT molecular complexity index is 2270. The van der Waals surface area contributed by atoms with E-state index in [2.05, 4.69) is 155 Å². The van der Waals surface area contributed by atoms with E-state index in [0.29, 0.717) is 35.5 Å². The maximum absolute atomic E-state index is 3.99. The first kappa shape index (κ1) is 90.7. The lowest BCUT2D eigenvalue weighted by Crippen LogP contribution is -2.09. The number of rotatable bonds is 66. The van der Waals surface area contributed by atoms with Crippen LogP contribution in [0.3, 0.4) is 0 Å². The zero-order valence-corrected chi connectivity index (χ0v) is 70.4. The van der Waals surface area contributed by atoms with Crippen molar-refractivity contribution in [1.29, 1.82) is 0 Å². The van der Waals surface area contributed by atoms with Crippen molar-refractivity contribution in [2.75, 3.05) is 0 Å². The van der Waals surface area contributed by atoms with E-state index in [-0.39, 0.29) is 0 Å². The Morgan fingerprint density at radius 1 is 0.167 bits per heavy atom. The van der Waals surface area contributed by atoms with E-state index >= 15 is 0 Å². The molecule has 0 bridgehead atoms. The lowest BCUT2D eigenvalue weighted by Gasteiger charge is -2.20. The minimum absolute atomic E-state index is 0.623. The molecule has 0 nitrogen and oxygen atoms in total. The van der Waals surface area contributed by atoms with Crippen LogP contribution in [-0.2, 0) is 38.5 Å². The molecule has 3 aromatic rings. The van der Waals surface area contributed by atoms with Gasteiger partial charge in [0.1, 0.15) is 0 Å². The first-order valence-corrected chi connectivity index (χ1v) is 45.9.